The molecule has 4 nitrogen and oxygen atoms in total. The summed E-state index contributed by atoms with van der Waals surface area (Å²) in [4.78, 5) is 30.0. The van der Waals surface area contributed by atoms with Gasteiger partial charge < -0.3 is 4.90 Å². The number of aryl methyl sites for hydroxylation is 1. The zero-order valence-electron chi connectivity index (χ0n) is 16.5. The van der Waals surface area contributed by atoms with E-state index in [0.717, 1.165) is 50.0 Å². The number of hydrogen-bond donors (Lipinski definition) is 0. The Balaban J connectivity index is 1.36. The molecule has 1 unspecified atom stereocenters. The van der Waals surface area contributed by atoms with Crippen LogP contribution < -0.4 is 4.90 Å². The van der Waals surface area contributed by atoms with Gasteiger partial charge in [-0.15, -0.1) is 0 Å². The van der Waals surface area contributed by atoms with Gasteiger partial charge in [0, 0.05) is 23.2 Å². The molecule has 1 fully saturated rings. The van der Waals surface area contributed by atoms with E-state index in [9.17, 15) is 9.59 Å². The molecule has 2 aromatic rings. The van der Waals surface area contributed by atoms with E-state index < -0.39 is 0 Å². The lowest BCUT2D eigenvalue weighted by molar-refractivity contribution is -0.120. The molecule has 0 aromatic heterocycles. The van der Waals surface area contributed by atoms with Crippen molar-refractivity contribution >= 4 is 17.4 Å². The highest BCUT2D eigenvalue weighted by Crippen LogP contribution is 2.31. The van der Waals surface area contributed by atoms with Crippen LogP contribution in [0.4, 0.5) is 5.69 Å². The number of rotatable bonds is 4. The molecule has 1 atom stereocenters. The monoisotopic (exact) mass is 376 g/mol. The smallest absolute Gasteiger partial charge is 0.241 e. The lowest BCUT2D eigenvalue weighted by atomic mass is 9.89. The molecule has 0 spiro atoms. The Morgan fingerprint density at radius 1 is 0.929 bits per heavy atom. The normalized spacial score (nSPS) is 20.6. The second kappa shape index (κ2) is 8.27. The number of nitrogens with zero attached hydrogens (tertiary/aromatic N) is 2. The van der Waals surface area contributed by atoms with Gasteiger partial charge in [0.2, 0.25) is 5.91 Å². The SMILES string of the molecule is CC1CCc2ccccc2N1C(=O)CN1CCC(C(=O)c2ccccc2)CC1. The summed E-state index contributed by atoms with van der Waals surface area (Å²) in [6.07, 6.45) is 3.70. The van der Waals surface area contributed by atoms with E-state index in [-0.39, 0.29) is 23.7 Å². The fraction of sp³-hybridized carbons (Fsp3) is 0.417. The Morgan fingerprint density at radius 2 is 1.61 bits per heavy atom. The average Bonchev–Trinajstić information content (AvgIpc) is 2.74. The van der Waals surface area contributed by atoms with E-state index in [1.54, 1.807) is 0 Å². The quantitative estimate of drug-likeness (QED) is 0.759. The van der Waals surface area contributed by atoms with Gasteiger partial charge in [0.25, 0.3) is 0 Å². The first kappa shape index (κ1) is 18.9. The molecule has 0 saturated carbocycles. The molecule has 4 rings (SSSR count). The van der Waals surface area contributed by atoms with Crippen LogP contribution >= 0.6 is 0 Å². The van der Waals surface area contributed by atoms with Crippen LogP contribution in [-0.4, -0.2) is 42.3 Å². The highest BCUT2D eigenvalue weighted by Gasteiger charge is 2.31. The van der Waals surface area contributed by atoms with Crippen LogP contribution in [0, 0.1) is 5.92 Å². The molecule has 0 radical (unpaired) electrons. The minimum absolute atomic E-state index is 0.0726. The molecule has 2 heterocycles. The van der Waals surface area contributed by atoms with Gasteiger partial charge >= 0.3 is 0 Å². The molecule has 2 aromatic carbocycles. The van der Waals surface area contributed by atoms with Crippen molar-refractivity contribution in [1.82, 2.24) is 4.90 Å². The number of carbonyl (C=O) groups is 2. The summed E-state index contributed by atoms with van der Waals surface area (Å²) in [5.74, 6) is 0.487. The third-order valence-electron chi connectivity index (χ3n) is 6.17. The lowest BCUT2D eigenvalue weighted by Crippen LogP contribution is -2.48. The molecular weight excluding hydrogens is 348 g/mol. The first-order valence-corrected chi connectivity index (χ1v) is 10.3. The van der Waals surface area contributed by atoms with Crippen LogP contribution in [0.15, 0.2) is 54.6 Å². The van der Waals surface area contributed by atoms with Gasteiger partial charge in [-0.2, -0.15) is 0 Å². The van der Waals surface area contributed by atoms with E-state index in [1.807, 2.05) is 47.4 Å². The van der Waals surface area contributed by atoms with E-state index >= 15 is 0 Å². The van der Waals surface area contributed by atoms with Crippen LogP contribution in [-0.2, 0) is 11.2 Å². The number of fused-ring (bicyclic) bond motifs is 1. The summed E-state index contributed by atoms with van der Waals surface area (Å²) in [5.41, 5.74) is 3.14. The summed E-state index contributed by atoms with van der Waals surface area (Å²) in [7, 11) is 0. The van der Waals surface area contributed by atoms with Crippen molar-refractivity contribution < 1.29 is 9.59 Å². The predicted molar refractivity (Wildman–Crippen MR) is 112 cm³/mol. The summed E-state index contributed by atoms with van der Waals surface area (Å²) in [5, 5.41) is 0. The van der Waals surface area contributed by atoms with E-state index in [4.69, 9.17) is 0 Å². The average molecular weight is 377 g/mol. The topological polar surface area (TPSA) is 40.6 Å². The van der Waals surface area contributed by atoms with Gasteiger partial charge in [0.05, 0.1) is 6.54 Å². The molecule has 2 aliphatic rings. The molecule has 0 aliphatic carbocycles. The molecule has 1 amide bonds. The van der Waals surface area contributed by atoms with Gasteiger partial charge in [-0.3, -0.25) is 14.5 Å². The molecule has 4 heteroatoms. The van der Waals surface area contributed by atoms with Crippen LogP contribution in [0.2, 0.25) is 0 Å². The number of Topliss-reactive ketones (excluding diaryl/α,β-unsaturated/α-hetero) is 1. The van der Waals surface area contributed by atoms with Crippen molar-refractivity contribution in [3.8, 4) is 0 Å². The van der Waals surface area contributed by atoms with Gasteiger partial charge in [-0.25, -0.2) is 0 Å². The third-order valence-corrected chi connectivity index (χ3v) is 6.17. The molecule has 146 valence electrons. The first-order chi connectivity index (χ1) is 13.6. The standard InChI is InChI=1S/C24H28N2O2/c1-18-11-12-19-7-5-6-10-22(19)26(18)23(27)17-25-15-13-21(14-16-25)24(28)20-8-3-2-4-9-20/h2-10,18,21H,11-17H2,1H3. The number of ketones is 1. The number of hydrogen-bond acceptors (Lipinski definition) is 3. The number of likely N-dealkylation sites (tertiary alicyclic amines) is 1. The van der Waals surface area contributed by atoms with Crippen LogP contribution in [0.3, 0.4) is 0 Å². The van der Waals surface area contributed by atoms with Gasteiger partial charge in [-0.1, -0.05) is 48.5 Å². The van der Waals surface area contributed by atoms with Gasteiger partial charge in [0.15, 0.2) is 5.78 Å². The zero-order valence-corrected chi connectivity index (χ0v) is 16.5. The maximum atomic E-state index is 13.1. The fourth-order valence-corrected chi connectivity index (χ4v) is 4.53. The van der Waals surface area contributed by atoms with E-state index in [1.165, 1.54) is 5.56 Å². The third kappa shape index (κ3) is 3.88. The van der Waals surface area contributed by atoms with Crippen molar-refractivity contribution in [2.45, 2.75) is 38.6 Å². The number of amides is 1. The second-order valence-corrected chi connectivity index (χ2v) is 8.06. The summed E-state index contributed by atoms with van der Waals surface area (Å²) in [6.45, 7) is 4.18. The minimum Gasteiger partial charge on any atom is -0.308 e. The molecular formula is C24H28N2O2. The Hall–Kier alpha value is -2.46. The summed E-state index contributed by atoms with van der Waals surface area (Å²) in [6, 6.07) is 18.0. The largest absolute Gasteiger partial charge is 0.308 e. The van der Waals surface area contributed by atoms with Crippen molar-refractivity contribution in [3.63, 3.8) is 0 Å². The van der Waals surface area contributed by atoms with Crippen LogP contribution in [0.5, 0.6) is 0 Å². The minimum atomic E-state index is 0.0726. The zero-order chi connectivity index (χ0) is 19.5. The number of benzene rings is 2. The molecule has 1 saturated heterocycles. The molecule has 2 aliphatic heterocycles. The second-order valence-electron chi connectivity index (χ2n) is 8.06. The highest BCUT2D eigenvalue weighted by atomic mass is 16.2. The van der Waals surface area contributed by atoms with Crippen molar-refractivity contribution in [1.29, 1.82) is 0 Å². The number of para-hydroxylation sites is 1. The Kier molecular flexibility index (Phi) is 5.58. The van der Waals surface area contributed by atoms with E-state index in [2.05, 4.69) is 24.0 Å². The maximum Gasteiger partial charge on any atom is 0.241 e. The molecule has 28 heavy (non-hydrogen) atoms. The lowest BCUT2D eigenvalue weighted by Gasteiger charge is -2.38. The Labute approximate surface area is 167 Å². The summed E-state index contributed by atoms with van der Waals surface area (Å²) < 4.78 is 0. The van der Waals surface area contributed by atoms with Gasteiger partial charge in [-0.05, 0) is 57.3 Å². The van der Waals surface area contributed by atoms with Crippen molar-refractivity contribution in [2.24, 2.45) is 5.92 Å². The predicted octanol–water partition coefficient (Wildman–Crippen LogP) is 3.95. The van der Waals surface area contributed by atoms with Crippen molar-refractivity contribution in [3.05, 3.63) is 65.7 Å². The van der Waals surface area contributed by atoms with Crippen LogP contribution in [0.1, 0.15) is 42.1 Å². The maximum absolute atomic E-state index is 13.1. The molecule has 0 N–H and O–H groups in total. The fourth-order valence-electron chi connectivity index (χ4n) is 4.53. The number of carbonyl (C=O) groups excluding carboxylic acids is 2. The summed E-state index contributed by atoms with van der Waals surface area (Å²) >= 11 is 0. The number of anilines is 1. The Bertz CT molecular complexity index is 841. The first-order valence-electron chi connectivity index (χ1n) is 10.3. The number of piperidine rings is 1. The highest BCUT2D eigenvalue weighted by molar-refractivity contribution is 5.98. The van der Waals surface area contributed by atoms with Crippen LogP contribution in [0.25, 0.3) is 0 Å². The Morgan fingerprint density at radius 3 is 2.36 bits per heavy atom. The molecule has 0 bridgehead atoms. The van der Waals surface area contributed by atoms with E-state index in [0.29, 0.717) is 6.54 Å². The van der Waals surface area contributed by atoms with Gasteiger partial charge in [0.1, 0.15) is 0 Å². The van der Waals surface area contributed by atoms with Crippen molar-refractivity contribution in [2.75, 3.05) is 24.5 Å².